The summed E-state index contributed by atoms with van der Waals surface area (Å²) in [6.45, 7) is 3.55. The summed E-state index contributed by atoms with van der Waals surface area (Å²) in [5.41, 5.74) is 0.802. The minimum atomic E-state index is -0.499. The number of likely N-dealkylation sites (tertiary alicyclic amines) is 1. The number of hydrogen-bond acceptors (Lipinski definition) is 5. The molecule has 7 nitrogen and oxygen atoms in total. The van der Waals surface area contributed by atoms with E-state index in [9.17, 15) is 9.59 Å². The van der Waals surface area contributed by atoms with Gasteiger partial charge in [-0.15, -0.1) is 0 Å². The zero-order valence-corrected chi connectivity index (χ0v) is 14.1. The molecule has 2 saturated heterocycles. The van der Waals surface area contributed by atoms with Gasteiger partial charge in [0.1, 0.15) is 12.1 Å². The Hall–Kier alpha value is -2.70. The van der Waals surface area contributed by atoms with Crippen LogP contribution < -0.4 is 4.90 Å². The Kier molecular flexibility index (Phi) is 3.78. The Labute approximate surface area is 145 Å². The predicted octanol–water partition coefficient (Wildman–Crippen LogP) is 2.04. The second kappa shape index (κ2) is 5.98. The molecule has 0 aromatic carbocycles. The summed E-state index contributed by atoms with van der Waals surface area (Å²) in [5.74, 6) is 0.633. The zero-order valence-electron chi connectivity index (χ0n) is 14.1. The van der Waals surface area contributed by atoms with Gasteiger partial charge in [0.25, 0.3) is 5.91 Å². The molecule has 2 aromatic rings. The molecular formula is C18H20N4O3. The molecule has 4 rings (SSSR count). The Morgan fingerprint density at radius 3 is 2.76 bits per heavy atom. The van der Waals surface area contributed by atoms with Gasteiger partial charge in [0.15, 0.2) is 0 Å². The molecule has 1 spiro atoms. The number of anilines is 1. The fourth-order valence-corrected chi connectivity index (χ4v) is 3.96. The average molecular weight is 340 g/mol. The molecule has 2 aliphatic heterocycles. The van der Waals surface area contributed by atoms with Crippen molar-refractivity contribution in [1.29, 1.82) is 0 Å². The summed E-state index contributed by atoms with van der Waals surface area (Å²) >= 11 is 0. The van der Waals surface area contributed by atoms with Gasteiger partial charge < -0.3 is 14.2 Å². The van der Waals surface area contributed by atoms with Crippen molar-refractivity contribution in [2.75, 3.05) is 24.5 Å². The van der Waals surface area contributed by atoms with Gasteiger partial charge in [-0.25, -0.2) is 9.97 Å². The quantitative estimate of drug-likeness (QED) is 0.836. The molecule has 0 saturated carbocycles. The molecule has 1 atom stereocenters. The van der Waals surface area contributed by atoms with Crippen molar-refractivity contribution in [3.8, 4) is 0 Å². The van der Waals surface area contributed by atoms with E-state index in [-0.39, 0.29) is 11.8 Å². The van der Waals surface area contributed by atoms with Gasteiger partial charge in [0, 0.05) is 19.6 Å². The monoisotopic (exact) mass is 340 g/mol. The Bertz CT molecular complexity index is 804. The number of aromatic nitrogens is 2. The number of hydrogen-bond donors (Lipinski definition) is 0. The van der Waals surface area contributed by atoms with Gasteiger partial charge in [-0.2, -0.15) is 0 Å². The first kappa shape index (κ1) is 15.8. The van der Waals surface area contributed by atoms with Crippen LogP contribution >= 0.6 is 0 Å². The van der Waals surface area contributed by atoms with Crippen molar-refractivity contribution in [2.24, 2.45) is 5.41 Å². The van der Waals surface area contributed by atoms with Crippen LogP contribution in [0.25, 0.3) is 0 Å². The molecule has 0 unspecified atom stereocenters. The number of carbonyl (C=O) groups excluding carboxylic acids is 2. The highest BCUT2D eigenvalue weighted by Crippen LogP contribution is 2.42. The van der Waals surface area contributed by atoms with E-state index in [2.05, 4.69) is 9.97 Å². The van der Waals surface area contributed by atoms with Crippen molar-refractivity contribution in [3.05, 3.63) is 42.4 Å². The first-order valence-electron chi connectivity index (χ1n) is 8.51. The Morgan fingerprint density at radius 1 is 1.24 bits per heavy atom. The number of rotatable bonds is 2. The van der Waals surface area contributed by atoms with Gasteiger partial charge in [-0.3, -0.25) is 9.59 Å². The zero-order chi connectivity index (χ0) is 17.4. The normalized spacial score (nSPS) is 23.5. The third-order valence-electron chi connectivity index (χ3n) is 5.32. The summed E-state index contributed by atoms with van der Waals surface area (Å²) in [5, 5.41) is 0. The van der Waals surface area contributed by atoms with Crippen LogP contribution in [0.1, 0.15) is 35.4 Å². The fraction of sp³-hybridized carbons (Fsp3) is 0.444. The lowest BCUT2D eigenvalue weighted by molar-refractivity contribution is -0.127. The maximum Gasteiger partial charge on any atom is 0.257 e. The first-order valence-corrected chi connectivity index (χ1v) is 8.51. The molecular weight excluding hydrogens is 320 g/mol. The van der Waals surface area contributed by atoms with Crippen LogP contribution in [0.15, 0.2) is 35.5 Å². The molecule has 0 aliphatic carbocycles. The summed E-state index contributed by atoms with van der Waals surface area (Å²) in [6, 6.07) is 1.70. The highest BCUT2D eigenvalue weighted by atomic mass is 16.3. The van der Waals surface area contributed by atoms with Crippen LogP contribution in [0.3, 0.4) is 0 Å². The van der Waals surface area contributed by atoms with Crippen LogP contribution in [-0.4, -0.2) is 46.3 Å². The predicted molar refractivity (Wildman–Crippen MR) is 90.0 cm³/mol. The van der Waals surface area contributed by atoms with E-state index >= 15 is 0 Å². The van der Waals surface area contributed by atoms with Gasteiger partial charge in [0.2, 0.25) is 5.91 Å². The van der Waals surface area contributed by atoms with E-state index in [1.165, 1.54) is 12.6 Å². The standard InChI is InChI=1S/C18H20N4O3/c1-13-15(3-8-25-13)16(23)21-6-2-4-18(11-21)5-7-22(17(18)24)14-9-19-12-20-10-14/h3,8-10,12H,2,4-7,11H2,1H3/t18-/m1/s1. The first-order chi connectivity index (χ1) is 12.1. The number of carbonyl (C=O) groups is 2. The van der Waals surface area contributed by atoms with Crippen molar-refractivity contribution >= 4 is 17.5 Å². The molecule has 130 valence electrons. The van der Waals surface area contributed by atoms with E-state index in [4.69, 9.17) is 4.42 Å². The summed E-state index contributed by atoms with van der Waals surface area (Å²) in [7, 11) is 0. The molecule has 0 N–H and O–H groups in total. The number of aryl methyl sites for hydroxylation is 1. The third-order valence-corrected chi connectivity index (χ3v) is 5.32. The van der Waals surface area contributed by atoms with Crippen molar-refractivity contribution in [3.63, 3.8) is 0 Å². The molecule has 7 heteroatoms. The highest BCUT2D eigenvalue weighted by Gasteiger charge is 2.50. The Morgan fingerprint density at radius 2 is 2.04 bits per heavy atom. The number of furan rings is 1. The third kappa shape index (κ3) is 2.59. The van der Waals surface area contributed by atoms with Crippen molar-refractivity contribution in [1.82, 2.24) is 14.9 Å². The summed E-state index contributed by atoms with van der Waals surface area (Å²) < 4.78 is 5.25. The molecule has 25 heavy (non-hydrogen) atoms. The summed E-state index contributed by atoms with van der Waals surface area (Å²) in [4.78, 5) is 37.5. The van der Waals surface area contributed by atoms with E-state index in [0.29, 0.717) is 31.0 Å². The molecule has 0 radical (unpaired) electrons. The molecule has 2 fully saturated rings. The van der Waals surface area contributed by atoms with E-state index in [1.807, 2.05) is 0 Å². The van der Waals surface area contributed by atoms with E-state index in [0.717, 1.165) is 24.9 Å². The number of nitrogens with zero attached hydrogens (tertiary/aromatic N) is 4. The second-order valence-electron chi connectivity index (χ2n) is 6.80. The van der Waals surface area contributed by atoms with Gasteiger partial charge in [0.05, 0.1) is 35.3 Å². The minimum absolute atomic E-state index is 0.0559. The molecule has 2 aliphatic rings. The fourth-order valence-electron chi connectivity index (χ4n) is 3.96. The molecule has 0 bridgehead atoms. The molecule has 2 aromatic heterocycles. The summed E-state index contributed by atoms with van der Waals surface area (Å²) in [6.07, 6.45) is 8.68. The van der Waals surface area contributed by atoms with Crippen LogP contribution in [0, 0.1) is 12.3 Å². The maximum atomic E-state index is 13.1. The minimum Gasteiger partial charge on any atom is -0.469 e. The second-order valence-corrected chi connectivity index (χ2v) is 6.80. The van der Waals surface area contributed by atoms with Crippen LogP contribution in [0.2, 0.25) is 0 Å². The van der Waals surface area contributed by atoms with E-state index in [1.54, 1.807) is 35.2 Å². The largest absolute Gasteiger partial charge is 0.469 e. The van der Waals surface area contributed by atoms with Gasteiger partial charge >= 0.3 is 0 Å². The van der Waals surface area contributed by atoms with Crippen LogP contribution in [0.4, 0.5) is 5.69 Å². The van der Waals surface area contributed by atoms with Crippen molar-refractivity contribution in [2.45, 2.75) is 26.2 Å². The average Bonchev–Trinajstić information content (AvgIpc) is 3.20. The molecule has 2 amide bonds. The lowest BCUT2D eigenvalue weighted by atomic mass is 9.78. The van der Waals surface area contributed by atoms with Crippen LogP contribution in [-0.2, 0) is 4.79 Å². The smallest absolute Gasteiger partial charge is 0.257 e. The van der Waals surface area contributed by atoms with Gasteiger partial charge in [-0.05, 0) is 32.3 Å². The SMILES string of the molecule is Cc1occc1C(=O)N1CCC[C@@]2(CCN(c3cncnc3)C2=O)C1. The molecule has 4 heterocycles. The Balaban J connectivity index is 1.56. The number of amides is 2. The van der Waals surface area contributed by atoms with E-state index < -0.39 is 5.41 Å². The van der Waals surface area contributed by atoms with Crippen molar-refractivity contribution < 1.29 is 14.0 Å². The topological polar surface area (TPSA) is 79.5 Å². The number of piperidine rings is 1. The lowest BCUT2D eigenvalue weighted by Gasteiger charge is -2.39. The highest BCUT2D eigenvalue weighted by molar-refractivity contribution is 6.01. The maximum absolute atomic E-state index is 13.1. The van der Waals surface area contributed by atoms with Crippen LogP contribution in [0.5, 0.6) is 0 Å². The lowest BCUT2D eigenvalue weighted by Crippen LogP contribution is -2.50. The van der Waals surface area contributed by atoms with Gasteiger partial charge in [-0.1, -0.05) is 0 Å².